The molecule has 0 unspecified atom stereocenters. The van der Waals surface area contributed by atoms with Crippen LogP contribution in [0, 0.1) is 6.92 Å². The van der Waals surface area contributed by atoms with E-state index in [1.165, 1.54) is 0 Å². The normalized spacial score (nSPS) is 12.9. The van der Waals surface area contributed by atoms with Crippen LogP contribution in [0.3, 0.4) is 0 Å². The summed E-state index contributed by atoms with van der Waals surface area (Å²) < 4.78 is 0. The number of halogens is 3. The first kappa shape index (κ1) is 12.2. The van der Waals surface area contributed by atoms with Crippen LogP contribution in [0.4, 0.5) is 5.82 Å². The Bertz CT molecular complexity index is 309. The van der Waals surface area contributed by atoms with E-state index in [4.69, 9.17) is 17.3 Å². The summed E-state index contributed by atoms with van der Waals surface area (Å²) in [7, 11) is 0. The molecule has 0 amide bonds. The molecule has 1 aromatic rings. The Morgan fingerprint density at radius 2 is 2.14 bits per heavy atom. The van der Waals surface area contributed by atoms with Gasteiger partial charge < -0.3 is 5.73 Å². The van der Waals surface area contributed by atoms with Crippen LogP contribution >= 0.6 is 43.5 Å². The van der Waals surface area contributed by atoms with Gasteiger partial charge in [0.25, 0.3) is 0 Å². The first-order valence-corrected chi connectivity index (χ1v) is 6.44. The highest BCUT2D eigenvalue weighted by atomic mass is 79.9. The van der Waals surface area contributed by atoms with Gasteiger partial charge in [0.2, 0.25) is 0 Å². The second-order valence-corrected chi connectivity index (χ2v) is 5.18. The van der Waals surface area contributed by atoms with Gasteiger partial charge in [-0.05, 0) is 13.3 Å². The quantitative estimate of drug-likeness (QED) is 0.678. The highest BCUT2D eigenvalue weighted by Gasteiger charge is 2.13. The lowest BCUT2D eigenvalue weighted by molar-refractivity contribution is 0.935. The van der Waals surface area contributed by atoms with Gasteiger partial charge in [0.1, 0.15) is 16.8 Å². The Morgan fingerprint density at radius 3 is 2.64 bits per heavy atom. The minimum Gasteiger partial charge on any atom is -0.383 e. The largest absolute Gasteiger partial charge is 0.383 e. The molecule has 0 fully saturated rings. The molecule has 1 aromatic heterocycles. The molecule has 0 aliphatic heterocycles. The minimum absolute atomic E-state index is 0.286. The van der Waals surface area contributed by atoms with Crippen LogP contribution in [0.15, 0.2) is 0 Å². The molecular weight excluding hydrogens is 333 g/mol. The Morgan fingerprint density at radius 1 is 1.50 bits per heavy atom. The van der Waals surface area contributed by atoms with E-state index in [1.54, 1.807) is 6.92 Å². The number of aryl methyl sites for hydroxylation is 1. The lowest BCUT2D eigenvalue weighted by atomic mass is 10.2. The second-order valence-electron chi connectivity index (χ2n) is 2.88. The fourth-order valence-corrected chi connectivity index (χ4v) is 1.90. The summed E-state index contributed by atoms with van der Waals surface area (Å²) in [5.74, 6) is 1.06. The summed E-state index contributed by atoms with van der Waals surface area (Å²) >= 11 is 12.8. The van der Waals surface area contributed by atoms with Gasteiger partial charge in [-0.1, -0.05) is 43.5 Å². The smallest absolute Gasteiger partial charge is 0.138 e. The van der Waals surface area contributed by atoms with Gasteiger partial charge in [0.15, 0.2) is 0 Å². The molecule has 0 spiro atoms. The molecule has 0 aliphatic carbocycles. The van der Waals surface area contributed by atoms with Crippen molar-refractivity contribution >= 4 is 49.3 Å². The number of anilines is 1. The van der Waals surface area contributed by atoms with Crippen LogP contribution in [0.25, 0.3) is 0 Å². The van der Waals surface area contributed by atoms with Gasteiger partial charge in [-0.3, -0.25) is 0 Å². The summed E-state index contributed by atoms with van der Waals surface area (Å²) in [6.07, 6.45) is 0.718. The van der Waals surface area contributed by atoms with E-state index < -0.39 is 0 Å². The van der Waals surface area contributed by atoms with Gasteiger partial charge in [-0.25, -0.2) is 9.97 Å². The van der Waals surface area contributed by atoms with Crippen LogP contribution in [-0.4, -0.2) is 20.1 Å². The maximum atomic E-state index is 5.97. The highest BCUT2D eigenvalue weighted by Crippen LogP contribution is 2.23. The van der Waals surface area contributed by atoms with E-state index in [1.807, 2.05) is 0 Å². The number of hydrogen-bond donors (Lipinski definition) is 1. The summed E-state index contributed by atoms with van der Waals surface area (Å²) in [6.45, 7) is 1.77. The van der Waals surface area contributed by atoms with Crippen LogP contribution < -0.4 is 5.73 Å². The molecule has 78 valence electrons. The summed E-state index contributed by atoms with van der Waals surface area (Å²) in [6, 6.07) is 0. The summed E-state index contributed by atoms with van der Waals surface area (Å²) in [5.41, 5.74) is 6.56. The van der Waals surface area contributed by atoms with E-state index in [2.05, 4.69) is 41.8 Å². The third-order valence-corrected chi connectivity index (χ3v) is 4.30. The van der Waals surface area contributed by atoms with Crippen molar-refractivity contribution < 1.29 is 0 Å². The molecule has 1 atom stereocenters. The van der Waals surface area contributed by atoms with Gasteiger partial charge in [-0.15, -0.1) is 0 Å². The zero-order valence-corrected chi connectivity index (χ0v) is 11.5. The molecule has 0 saturated heterocycles. The van der Waals surface area contributed by atoms with E-state index in [-0.39, 0.29) is 4.83 Å². The molecule has 0 aromatic carbocycles. The highest BCUT2D eigenvalue weighted by molar-refractivity contribution is 9.12. The first-order valence-electron chi connectivity index (χ1n) is 4.03. The van der Waals surface area contributed by atoms with Crippen LogP contribution in [0.2, 0.25) is 5.15 Å². The van der Waals surface area contributed by atoms with Crippen molar-refractivity contribution in [3.8, 4) is 0 Å². The van der Waals surface area contributed by atoms with Crippen molar-refractivity contribution in [2.45, 2.75) is 18.2 Å². The SMILES string of the molecule is Cc1nc(N)c(C[C@@H](Br)CBr)c(Cl)n1. The number of hydrogen-bond acceptors (Lipinski definition) is 3. The zero-order valence-electron chi connectivity index (χ0n) is 7.60. The van der Waals surface area contributed by atoms with E-state index in [9.17, 15) is 0 Å². The molecular formula is C8H10Br2ClN3. The number of alkyl halides is 2. The summed E-state index contributed by atoms with van der Waals surface area (Å²) in [5, 5.41) is 1.27. The molecule has 0 radical (unpaired) electrons. The van der Waals surface area contributed by atoms with Gasteiger partial charge in [0.05, 0.1) is 0 Å². The fraction of sp³-hybridized carbons (Fsp3) is 0.500. The molecule has 0 bridgehead atoms. The van der Waals surface area contributed by atoms with Crippen molar-refractivity contribution in [1.29, 1.82) is 0 Å². The first-order chi connectivity index (χ1) is 6.54. The summed E-state index contributed by atoms with van der Waals surface area (Å²) in [4.78, 5) is 8.41. The molecule has 2 N–H and O–H groups in total. The van der Waals surface area contributed by atoms with Crippen molar-refractivity contribution in [1.82, 2.24) is 9.97 Å². The average Bonchev–Trinajstić information content (AvgIpc) is 2.10. The number of rotatable bonds is 3. The molecule has 0 saturated carbocycles. The molecule has 3 nitrogen and oxygen atoms in total. The minimum atomic E-state index is 0.286. The Labute approximate surface area is 105 Å². The van der Waals surface area contributed by atoms with Crippen molar-refractivity contribution in [2.75, 3.05) is 11.1 Å². The van der Waals surface area contributed by atoms with Crippen molar-refractivity contribution in [3.63, 3.8) is 0 Å². The third-order valence-electron chi connectivity index (χ3n) is 1.69. The monoisotopic (exact) mass is 341 g/mol. The van der Waals surface area contributed by atoms with Gasteiger partial charge in [0, 0.05) is 15.7 Å². The predicted octanol–water partition coefficient (Wildman–Crippen LogP) is 2.72. The Kier molecular flexibility index (Phi) is 4.60. The number of nitrogen functional groups attached to an aromatic ring is 1. The van der Waals surface area contributed by atoms with E-state index in [0.29, 0.717) is 16.8 Å². The molecule has 1 rings (SSSR count). The molecule has 1 heterocycles. The Hall–Kier alpha value is 0.130. The van der Waals surface area contributed by atoms with Crippen LogP contribution in [-0.2, 0) is 6.42 Å². The molecule has 0 aliphatic rings. The second kappa shape index (κ2) is 5.28. The lowest BCUT2D eigenvalue weighted by Crippen LogP contribution is -2.10. The number of aromatic nitrogens is 2. The molecule has 14 heavy (non-hydrogen) atoms. The maximum Gasteiger partial charge on any atom is 0.138 e. The number of nitrogens with two attached hydrogens (primary N) is 1. The van der Waals surface area contributed by atoms with Gasteiger partial charge >= 0.3 is 0 Å². The fourth-order valence-electron chi connectivity index (χ4n) is 1.05. The predicted molar refractivity (Wildman–Crippen MR) is 66.4 cm³/mol. The van der Waals surface area contributed by atoms with Crippen LogP contribution in [0.5, 0.6) is 0 Å². The zero-order chi connectivity index (χ0) is 10.7. The maximum absolute atomic E-state index is 5.97. The van der Waals surface area contributed by atoms with E-state index in [0.717, 1.165) is 17.3 Å². The van der Waals surface area contributed by atoms with Crippen molar-refractivity contribution in [3.05, 3.63) is 16.5 Å². The average molecular weight is 343 g/mol. The topological polar surface area (TPSA) is 51.8 Å². The lowest BCUT2D eigenvalue weighted by Gasteiger charge is -2.10. The standard InChI is InChI=1S/C8H10Br2ClN3/c1-4-13-7(11)6(8(12)14-4)2-5(10)3-9/h5H,2-3H2,1H3,(H2,12,13,14)/t5-/m1/s1. The molecule has 6 heteroatoms. The Balaban J connectivity index is 2.96. The van der Waals surface area contributed by atoms with Crippen molar-refractivity contribution in [2.24, 2.45) is 0 Å². The number of nitrogens with zero attached hydrogens (tertiary/aromatic N) is 2. The van der Waals surface area contributed by atoms with Gasteiger partial charge in [-0.2, -0.15) is 0 Å². The van der Waals surface area contributed by atoms with Crippen LogP contribution in [0.1, 0.15) is 11.4 Å². The van der Waals surface area contributed by atoms with E-state index >= 15 is 0 Å². The third kappa shape index (κ3) is 3.07.